The molecule has 1 heterocycles. The summed E-state index contributed by atoms with van der Waals surface area (Å²) >= 11 is 6.12. The van der Waals surface area contributed by atoms with Gasteiger partial charge in [0.25, 0.3) is 0 Å². The molecule has 0 aromatic heterocycles. The van der Waals surface area contributed by atoms with Gasteiger partial charge >= 0.3 is 0 Å². The summed E-state index contributed by atoms with van der Waals surface area (Å²) in [6, 6.07) is 14.6. The zero-order chi connectivity index (χ0) is 17.9. The van der Waals surface area contributed by atoms with Crippen LogP contribution in [0.1, 0.15) is 10.4 Å². The van der Waals surface area contributed by atoms with Crippen LogP contribution in [-0.4, -0.2) is 27.3 Å². The van der Waals surface area contributed by atoms with Crippen molar-refractivity contribution in [2.45, 2.75) is 4.90 Å². The van der Waals surface area contributed by atoms with Crippen LogP contribution in [-0.2, 0) is 8.87 Å². The molecule has 8 heteroatoms. The number of carbonyl (C=O) groups is 1. The monoisotopic (exact) mass is 394 g/mol. The Morgan fingerprint density at radius 2 is 1.56 bits per heavy atom. The molecule has 2 aromatic carbocycles. The maximum absolute atomic E-state index is 13.0. The number of benzene rings is 2. The summed E-state index contributed by atoms with van der Waals surface area (Å²) < 4.78 is 25.4. The summed E-state index contributed by atoms with van der Waals surface area (Å²) in [5.41, 5.74) is 0.262. The first kappa shape index (κ1) is 17.8. The maximum Gasteiger partial charge on any atom is 0.234 e. The Morgan fingerprint density at radius 1 is 0.960 bits per heavy atom. The van der Waals surface area contributed by atoms with E-state index in [1.807, 2.05) is 0 Å². The largest absolute Gasteiger partial charge is 0.369 e. The van der Waals surface area contributed by atoms with E-state index in [0.29, 0.717) is 29.7 Å². The van der Waals surface area contributed by atoms with Gasteiger partial charge in [-0.2, -0.15) is 0 Å². The number of hydrogen-bond acceptors (Lipinski definition) is 6. The summed E-state index contributed by atoms with van der Waals surface area (Å²) in [5.74, 6) is -0.0265. The average Bonchev–Trinajstić information content (AvgIpc) is 3.15. The quantitative estimate of drug-likeness (QED) is 0.461. The van der Waals surface area contributed by atoms with Crippen LogP contribution in [0.2, 0.25) is 5.02 Å². The number of nitrogens with one attached hydrogen (secondary N) is 2. The molecule has 2 N–H and O–H groups in total. The zero-order valence-electron chi connectivity index (χ0n) is 13.0. The number of allylic oxidation sites excluding steroid dienone is 1. The van der Waals surface area contributed by atoms with Crippen LogP contribution in [0.3, 0.4) is 0 Å². The first-order valence-electron chi connectivity index (χ1n) is 7.50. The minimum atomic E-state index is -3.75. The minimum absolute atomic E-state index is 0.0782. The number of halogens is 1. The molecule has 0 aliphatic carbocycles. The fourth-order valence-electron chi connectivity index (χ4n) is 2.30. The summed E-state index contributed by atoms with van der Waals surface area (Å²) in [6.45, 7) is 1.22. The first-order chi connectivity index (χ1) is 12.0. The molecule has 130 valence electrons. The highest BCUT2D eigenvalue weighted by Gasteiger charge is 2.28. The van der Waals surface area contributed by atoms with E-state index >= 15 is 0 Å². The number of rotatable bonds is 5. The number of Topliss-reactive ketones (excluding diaryl/α,β-unsaturated/α-hetero) is 1. The van der Waals surface area contributed by atoms with Gasteiger partial charge in [0, 0.05) is 29.4 Å². The second-order valence-electron chi connectivity index (χ2n) is 5.22. The molecule has 0 radical (unpaired) electrons. The number of carbonyl (C=O) groups excluding carboxylic acids is 1. The molecular weight excluding hydrogens is 380 g/mol. The second-order valence-corrected chi connectivity index (χ2v) is 9.40. The van der Waals surface area contributed by atoms with Crippen LogP contribution in [0.15, 0.2) is 70.2 Å². The summed E-state index contributed by atoms with van der Waals surface area (Å²) in [4.78, 5) is 13.2. The summed E-state index contributed by atoms with van der Waals surface area (Å²) in [5, 5.41) is 6.32. The Hall–Kier alpha value is -1.96. The minimum Gasteiger partial charge on any atom is -0.369 e. The fourth-order valence-corrected chi connectivity index (χ4v) is 5.50. The highest BCUT2D eigenvalue weighted by molar-refractivity contribution is 8.73. The maximum atomic E-state index is 13.0. The second kappa shape index (κ2) is 7.51. The van der Waals surface area contributed by atoms with Gasteiger partial charge < -0.3 is 10.6 Å². The van der Waals surface area contributed by atoms with E-state index in [9.17, 15) is 13.2 Å². The Bertz CT molecular complexity index is 920. The SMILES string of the molecule is O=C(C(SS(=O)(=O)c1ccccc1)=C1NCCN1)c1ccccc1Cl. The fraction of sp³-hybridized carbons (Fsp3) is 0.118. The predicted octanol–water partition coefficient (Wildman–Crippen LogP) is 3.01. The van der Waals surface area contributed by atoms with Crippen molar-refractivity contribution >= 4 is 37.0 Å². The Morgan fingerprint density at radius 3 is 2.20 bits per heavy atom. The topological polar surface area (TPSA) is 75.3 Å². The standard InChI is InChI=1S/C17H15ClN2O3S2/c18-14-9-5-4-8-13(14)15(21)16(17-19-10-11-20-17)24-25(22,23)12-6-2-1-3-7-12/h1-9,19-20H,10-11H2. The molecule has 1 aliphatic heterocycles. The molecule has 0 saturated carbocycles. The lowest BCUT2D eigenvalue weighted by molar-refractivity contribution is 0.104. The molecule has 0 atom stereocenters. The van der Waals surface area contributed by atoms with Gasteiger partial charge in [0.1, 0.15) is 10.7 Å². The highest BCUT2D eigenvalue weighted by Crippen LogP contribution is 2.34. The van der Waals surface area contributed by atoms with E-state index in [2.05, 4.69) is 10.6 Å². The van der Waals surface area contributed by atoms with Gasteiger partial charge in [-0.25, -0.2) is 8.42 Å². The third-order valence-electron chi connectivity index (χ3n) is 3.51. The zero-order valence-corrected chi connectivity index (χ0v) is 15.4. The van der Waals surface area contributed by atoms with Gasteiger partial charge in [0.15, 0.2) is 0 Å². The van der Waals surface area contributed by atoms with E-state index < -0.39 is 14.7 Å². The molecule has 0 spiro atoms. The third kappa shape index (κ3) is 4.00. The van der Waals surface area contributed by atoms with Crippen molar-refractivity contribution in [1.29, 1.82) is 0 Å². The van der Waals surface area contributed by atoms with Gasteiger partial charge in [-0.3, -0.25) is 4.79 Å². The molecular formula is C17H15ClN2O3S2. The Kier molecular flexibility index (Phi) is 5.36. The molecule has 0 bridgehead atoms. The van der Waals surface area contributed by atoms with Gasteiger partial charge in [-0.05, 0) is 24.3 Å². The number of hydrogen-bond donors (Lipinski definition) is 2. The van der Waals surface area contributed by atoms with E-state index in [4.69, 9.17) is 11.6 Å². The molecule has 2 aromatic rings. The average molecular weight is 395 g/mol. The van der Waals surface area contributed by atoms with Crippen molar-refractivity contribution < 1.29 is 13.2 Å². The molecule has 0 unspecified atom stereocenters. The summed E-state index contributed by atoms with van der Waals surface area (Å²) in [7, 11) is -3.22. The molecule has 1 aliphatic rings. The summed E-state index contributed by atoms with van der Waals surface area (Å²) in [6.07, 6.45) is 0. The Balaban J connectivity index is 2.02. The molecule has 0 amide bonds. The van der Waals surface area contributed by atoms with Crippen LogP contribution >= 0.6 is 22.4 Å². The van der Waals surface area contributed by atoms with E-state index in [1.165, 1.54) is 12.1 Å². The van der Waals surface area contributed by atoms with Crippen LogP contribution in [0.4, 0.5) is 0 Å². The molecule has 3 rings (SSSR count). The Labute approximate surface area is 154 Å². The number of ketones is 1. The van der Waals surface area contributed by atoms with Crippen molar-refractivity contribution in [3.8, 4) is 0 Å². The van der Waals surface area contributed by atoms with Crippen molar-refractivity contribution in [3.05, 3.63) is 75.9 Å². The lowest BCUT2D eigenvalue weighted by Crippen LogP contribution is -2.18. The van der Waals surface area contributed by atoms with Gasteiger partial charge in [-0.15, -0.1) is 0 Å². The lowest BCUT2D eigenvalue weighted by Gasteiger charge is -2.12. The van der Waals surface area contributed by atoms with Gasteiger partial charge in [0.05, 0.1) is 9.92 Å². The lowest BCUT2D eigenvalue weighted by atomic mass is 10.1. The highest BCUT2D eigenvalue weighted by atomic mass is 35.5. The van der Waals surface area contributed by atoms with E-state index in [0.717, 1.165) is 0 Å². The van der Waals surface area contributed by atoms with E-state index in [1.54, 1.807) is 42.5 Å². The molecule has 5 nitrogen and oxygen atoms in total. The smallest absolute Gasteiger partial charge is 0.234 e. The van der Waals surface area contributed by atoms with Crippen LogP contribution in [0.25, 0.3) is 0 Å². The van der Waals surface area contributed by atoms with Gasteiger partial charge in [0.2, 0.25) is 14.7 Å². The van der Waals surface area contributed by atoms with Crippen LogP contribution in [0, 0.1) is 0 Å². The first-order valence-corrected chi connectivity index (χ1v) is 10.7. The van der Waals surface area contributed by atoms with Crippen LogP contribution < -0.4 is 10.6 Å². The predicted molar refractivity (Wildman–Crippen MR) is 100 cm³/mol. The van der Waals surface area contributed by atoms with Crippen molar-refractivity contribution in [1.82, 2.24) is 10.6 Å². The van der Waals surface area contributed by atoms with Crippen molar-refractivity contribution in [3.63, 3.8) is 0 Å². The molecule has 25 heavy (non-hydrogen) atoms. The normalized spacial score (nSPS) is 13.9. The van der Waals surface area contributed by atoms with Gasteiger partial charge in [-0.1, -0.05) is 41.9 Å². The van der Waals surface area contributed by atoms with Crippen molar-refractivity contribution in [2.75, 3.05) is 13.1 Å². The van der Waals surface area contributed by atoms with Crippen LogP contribution in [0.5, 0.6) is 0 Å². The van der Waals surface area contributed by atoms with Crippen molar-refractivity contribution in [2.24, 2.45) is 0 Å². The molecule has 1 fully saturated rings. The molecule has 1 saturated heterocycles. The third-order valence-corrected chi connectivity index (χ3v) is 7.20. The van der Waals surface area contributed by atoms with E-state index in [-0.39, 0.29) is 20.4 Å².